The summed E-state index contributed by atoms with van der Waals surface area (Å²) >= 11 is 6.15. The number of nitrogens with zero attached hydrogens (tertiary/aromatic N) is 1. The van der Waals surface area contributed by atoms with Crippen LogP contribution in [0.5, 0.6) is 0 Å². The fraction of sp³-hybridized carbons (Fsp3) is 0.444. The van der Waals surface area contributed by atoms with E-state index < -0.39 is 16.8 Å². The van der Waals surface area contributed by atoms with Crippen molar-refractivity contribution in [2.24, 2.45) is 11.7 Å². The molecule has 2 bridgehead atoms. The molecule has 2 fully saturated rings. The summed E-state index contributed by atoms with van der Waals surface area (Å²) in [6.07, 6.45) is 2.68. The molecule has 6 nitrogen and oxygen atoms in total. The van der Waals surface area contributed by atoms with Gasteiger partial charge in [0, 0.05) is 63.7 Å². The molecule has 6 rings (SSSR count). The largest absolute Gasteiger partial charge is 0.344 e. The van der Waals surface area contributed by atoms with E-state index in [4.69, 9.17) is 17.3 Å². The molecule has 1 saturated heterocycles. The van der Waals surface area contributed by atoms with Gasteiger partial charge in [-0.25, -0.2) is 0 Å². The number of benzene rings is 3. The van der Waals surface area contributed by atoms with Gasteiger partial charge in [-0.15, -0.1) is 0 Å². The summed E-state index contributed by atoms with van der Waals surface area (Å²) in [5.41, 5.74) is 11.0. The second-order valence-corrected chi connectivity index (χ2v) is 15.5. The first kappa shape index (κ1) is 31.0. The van der Waals surface area contributed by atoms with Gasteiger partial charge in [-0.3, -0.25) is 13.8 Å². The van der Waals surface area contributed by atoms with Gasteiger partial charge in [0.15, 0.2) is 0 Å². The molecule has 3 N–H and O–H groups in total. The van der Waals surface area contributed by atoms with E-state index in [2.05, 4.69) is 29.6 Å². The van der Waals surface area contributed by atoms with Crippen LogP contribution in [0.15, 0.2) is 78.9 Å². The lowest BCUT2D eigenvalue weighted by Crippen LogP contribution is -2.56. The van der Waals surface area contributed by atoms with Gasteiger partial charge in [0.05, 0.1) is 5.92 Å². The lowest BCUT2D eigenvalue weighted by Gasteiger charge is -2.43. The number of likely N-dealkylation sites (tertiary alicyclic amines) is 1. The fourth-order valence-electron chi connectivity index (χ4n) is 7.74. The Labute approximate surface area is 268 Å². The van der Waals surface area contributed by atoms with Crippen LogP contribution in [-0.4, -0.2) is 57.1 Å². The van der Waals surface area contributed by atoms with Gasteiger partial charge in [-0.1, -0.05) is 92.2 Å². The van der Waals surface area contributed by atoms with Crippen molar-refractivity contribution in [3.8, 4) is 0 Å². The number of rotatable bonds is 9. The lowest BCUT2D eigenvalue weighted by atomic mass is 9.74. The summed E-state index contributed by atoms with van der Waals surface area (Å²) in [7, 11) is -0.981. The molecular weight excluding hydrogens is 590 g/mol. The third-order valence-electron chi connectivity index (χ3n) is 10.2. The Hall–Kier alpha value is -3.00. The number of nitrogens with two attached hydrogens (primary N) is 1. The zero-order valence-corrected chi connectivity index (χ0v) is 27.0. The van der Waals surface area contributed by atoms with Gasteiger partial charge in [-0.05, 0) is 59.6 Å². The molecule has 2 aliphatic carbocycles. The molecule has 232 valence electrons. The summed E-state index contributed by atoms with van der Waals surface area (Å²) in [6.45, 7) is 5.07. The number of carbonyl (C=O) groups is 2. The highest BCUT2D eigenvalue weighted by Gasteiger charge is 2.52. The van der Waals surface area contributed by atoms with Crippen LogP contribution < -0.4 is 11.1 Å². The molecule has 3 aliphatic rings. The first-order chi connectivity index (χ1) is 21.2. The SMILES string of the molecule is CC(C)S(=O)CC1(c2ccccc2)CCN(C(=O)[C@@H](Cc2ccc(Cl)cc2)NC(=O)C2C3CC(c4ccccc43)C2N)CC1. The van der Waals surface area contributed by atoms with Crippen molar-refractivity contribution in [2.75, 3.05) is 18.8 Å². The molecule has 1 heterocycles. The van der Waals surface area contributed by atoms with Crippen LogP contribution >= 0.6 is 11.6 Å². The number of nitrogens with one attached hydrogen (secondary N) is 1. The summed E-state index contributed by atoms with van der Waals surface area (Å²) in [6, 6.07) is 25.0. The maximum atomic E-state index is 14.2. The highest BCUT2D eigenvalue weighted by atomic mass is 35.5. The highest BCUT2D eigenvalue weighted by molar-refractivity contribution is 7.85. The molecule has 1 aliphatic heterocycles. The third-order valence-corrected chi connectivity index (χ3v) is 12.4. The summed E-state index contributed by atoms with van der Waals surface area (Å²) in [4.78, 5) is 30.1. The smallest absolute Gasteiger partial charge is 0.245 e. The Balaban J connectivity index is 1.21. The van der Waals surface area contributed by atoms with Crippen molar-refractivity contribution in [1.82, 2.24) is 10.2 Å². The van der Waals surface area contributed by atoms with E-state index >= 15 is 0 Å². The van der Waals surface area contributed by atoms with E-state index in [-0.39, 0.29) is 46.3 Å². The Kier molecular flexibility index (Phi) is 9.00. The zero-order valence-electron chi connectivity index (χ0n) is 25.5. The van der Waals surface area contributed by atoms with Crippen LogP contribution in [0, 0.1) is 5.92 Å². The molecule has 0 radical (unpaired) electrons. The standard InChI is InChI=1S/C36H42ClN3O3S/c1-23(2)44(43)22-36(25-8-4-3-5-9-25)16-18-40(19-17-36)35(42)31(20-24-12-14-26(37)15-13-24)39-34(41)32-29-21-30(33(32)38)28-11-7-6-10-27(28)29/h3-15,23,29-33H,16-22,38H2,1-2H3,(H,39,41)/t29?,30?,31-,32?,33?,44?/m1/s1. The maximum Gasteiger partial charge on any atom is 0.245 e. The highest BCUT2D eigenvalue weighted by Crippen LogP contribution is 2.55. The first-order valence-corrected chi connectivity index (χ1v) is 17.5. The predicted molar refractivity (Wildman–Crippen MR) is 177 cm³/mol. The summed E-state index contributed by atoms with van der Waals surface area (Å²) in [5.74, 6) is 0.216. The van der Waals surface area contributed by atoms with Gasteiger partial charge in [0.25, 0.3) is 0 Å². The molecule has 5 unspecified atom stereocenters. The van der Waals surface area contributed by atoms with Crippen LogP contribution in [0.25, 0.3) is 0 Å². The van der Waals surface area contributed by atoms with E-state index in [0.29, 0.717) is 30.3 Å². The van der Waals surface area contributed by atoms with Crippen molar-refractivity contribution in [3.05, 3.63) is 106 Å². The van der Waals surface area contributed by atoms with E-state index in [1.807, 2.05) is 73.3 Å². The molecule has 2 amide bonds. The Morgan fingerprint density at radius 1 is 0.955 bits per heavy atom. The molecule has 44 heavy (non-hydrogen) atoms. The quantitative estimate of drug-likeness (QED) is 0.335. The second kappa shape index (κ2) is 12.8. The van der Waals surface area contributed by atoms with Crippen molar-refractivity contribution >= 4 is 34.2 Å². The number of hydrogen-bond acceptors (Lipinski definition) is 4. The first-order valence-electron chi connectivity index (χ1n) is 15.8. The topological polar surface area (TPSA) is 92.5 Å². The Morgan fingerprint density at radius 2 is 1.57 bits per heavy atom. The molecule has 0 spiro atoms. The minimum Gasteiger partial charge on any atom is -0.344 e. The van der Waals surface area contributed by atoms with Crippen LogP contribution in [0.2, 0.25) is 5.02 Å². The van der Waals surface area contributed by atoms with E-state index in [1.165, 1.54) is 16.7 Å². The molecule has 0 aromatic heterocycles. The molecule has 3 aromatic rings. The van der Waals surface area contributed by atoms with Gasteiger partial charge in [0.2, 0.25) is 11.8 Å². The fourth-order valence-corrected chi connectivity index (χ4v) is 9.20. The van der Waals surface area contributed by atoms with Gasteiger partial charge in [-0.2, -0.15) is 0 Å². The van der Waals surface area contributed by atoms with Crippen molar-refractivity contribution in [1.29, 1.82) is 0 Å². The Morgan fingerprint density at radius 3 is 2.20 bits per heavy atom. The molecule has 8 heteroatoms. The average Bonchev–Trinajstić information content (AvgIpc) is 3.58. The third kappa shape index (κ3) is 5.99. The van der Waals surface area contributed by atoms with Crippen LogP contribution in [0.3, 0.4) is 0 Å². The number of carbonyl (C=O) groups excluding carboxylic acids is 2. The predicted octanol–water partition coefficient (Wildman–Crippen LogP) is 5.31. The average molecular weight is 632 g/mol. The number of halogens is 1. The number of fused-ring (bicyclic) bond motifs is 5. The van der Waals surface area contributed by atoms with Crippen molar-refractivity contribution < 1.29 is 13.8 Å². The second-order valence-electron chi connectivity index (χ2n) is 13.1. The number of hydrogen-bond donors (Lipinski definition) is 2. The van der Waals surface area contributed by atoms with Crippen LogP contribution in [0.4, 0.5) is 0 Å². The normalized spacial score (nSPS) is 25.0. The molecule has 3 aromatic carbocycles. The maximum absolute atomic E-state index is 14.2. The zero-order chi connectivity index (χ0) is 31.0. The van der Waals surface area contributed by atoms with Gasteiger partial charge in [0.1, 0.15) is 6.04 Å². The van der Waals surface area contributed by atoms with E-state index in [9.17, 15) is 13.8 Å². The molecular formula is C36H42ClN3O3S. The monoisotopic (exact) mass is 631 g/mol. The van der Waals surface area contributed by atoms with Crippen LogP contribution in [0.1, 0.15) is 67.2 Å². The summed E-state index contributed by atoms with van der Waals surface area (Å²) < 4.78 is 13.1. The Bertz CT molecular complexity index is 1520. The van der Waals surface area contributed by atoms with Crippen molar-refractivity contribution in [3.63, 3.8) is 0 Å². The minimum absolute atomic E-state index is 0.0680. The van der Waals surface area contributed by atoms with E-state index in [1.54, 1.807) is 0 Å². The summed E-state index contributed by atoms with van der Waals surface area (Å²) in [5, 5.41) is 3.87. The van der Waals surface area contributed by atoms with Crippen molar-refractivity contribution in [2.45, 2.75) is 74.1 Å². The molecule has 6 atom stereocenters. The number of amides is 2. The number of piperidine rings is 1. The van der Waals surface area contributed by atoms with E-state index in [0.717, 1.165) is 24.8 Å². The van der Waals surface area contributed by atoms with Gasteiger partial charge < -0.3 is 16.0 Å². The lowest BCUT2D eigenvalue weighted by molar-refractivity contribution is -0.138. The minimum atomic E-state index is -0.981. The van der Waals surface area contributed by atoms with Crippen LogP contribution in [-0.2, 0) is 32.2 Å². The van der Waals surface area contributed by atoms with Gasteiger partial charge >= 0.3 is 0 Å². The molecule has 1 saturated carbocycles.